The molecule has 3 heterocycles. The van der Waals surface area contributed by atoms with Crippen LogP contribution in [0.2, 0.25) is 0 Å². The number of benzene rings is 1. The van der Waals surface area contributed by atoms with Crippen molar-refractivity contribution in [1.82, 2.24) is 15.1 Å². The molecule has 2 N–H and O–H groups in total. The summed E-state index contributed by atoms with van der Waals surface area (Å²) in [5.41, 5.74) is 8.50. The third-order valence-electron chi connectivity index (χ3n) is 4.14. The summed E-state index contributed by atoms with van der Waals surface area (Å²) < 4.78 is 24.7. The van der Waals surface area contributed by atoms with E-state index in [9.17, 15) is 4.39 Å². The van der Waals surface area contributed by atoms with Crippen LogP contribution in [-0.2, 0) is 13.0 Å². The monoisotopic (exact) mass is 376 g/mol. The normalized spacial score (nSPS) is 10.8. The number of anilines is 1. The Morgan fingerprint density at radius 3 is 2.75 bits per heavy atom. The summed E-state index contributed by atoms with van der Waals surface area (Å²) in [5, 5.41) is 4.08. The van der Waals surface area contributed by atoms with Gasteiger partial charge in [-0.25, -0.2) is 14.4 Å². The number of aromatic nitrogens is 3. The Morgan fingerprint density at radius 1 is 1.00 bits per heavy atom. The molecule has 0 aliphatic heterocycles. The third kappa shape index (κ3) is 3.98. The van der Waals surface area contributed by atoms with Gasteiger partial charge >= 0.3 is 0 Å². The van der Waals surface area contributed by atoms with Gasteiger partial charge in [0.15, 0.2) is 5.76 Å². The Hall–Kier alpha value is -3.74. The molecule has 0 saturated carbocycles. The Labute approximate surface area is 160 Å². The molecule has 0 radical (unpaired) electrons. The van der Waals surface area contributed by atoms with Crippen LogP contribution < -0.4 is 10.5 Å². The van der Waals surface area contributed by atoms with Gasteiger partial charge in [-0.2, -0.15) is 0 Å². The molecule has 140 valence electrons. The van der Waals surface area contributed by atoms with Gasteiger partial charge in [-0.05, 0) is 24.3 Å². The van der Waals surface area contributed by atoms with Crippen molar-refractivity contribution in [2.24, 2.45) is 0 Å². The zero-order valence-corrected chi connectivity index (χ0v) is 14.9. The second-order valence-corrected chi connectivity index (χ2v) is 6.14. The van der Waals surface area contributed by atoms with Gasteiger partial charge < -0.3 is 15.0 Å². The highest BCUT2D eigenvalue weighted by molar-refractivity contribution is 5.69. The Balaban J connectivity index is 1.45. The van der Waals surface area contributed by atoms with E-state index in [1.165, 1.54) is 6.07 Å². The zero-order valence-electron chi connectivity index (χ0n) is 14.9. The Morgan fingerprint density at radius 2 is 1.89 bits per heavy atom. The topological polar surface area (TPSA) is 87.1 Å². The summed E-state index contributed by atoms with van der Waals surface area (Å²) in [6.45, 7) is 0.109. The molecule has 6 nitrogen and oxygen atoms in total. The zero-order chi connectivity index (χ0) is 19.3. The lowest BCUT2D eigenvalue weighted by Gasteiger charge is -2.07. The minimum absolute atomic E-state index is 0.109. The van der Waals surface area contributed by atoms with Crippen molar-refractivity contribution < 1.29 is 13.7 Å². The average molecular weight is 376 g/mol. The first-order valence-corrected chi connectivity index (χ1v) is 8.67. The van der Waals surface area contributed by atoms with Crippen LogP contribution in [0.4, 0.5) is 10.2 Å². The minimum atomic E-state index is -0.302. The molecule has 0 aliphatic rings. The van der Waals surface area contributed by atoms with Gasteiger partial charge in [0.05, 0.1) is 17.0 Å². The maximum Gasteiger partial charge on any atom is 0.213 e. The van der Waals surface area contributed by atoms with Crippen molar-refractivity contribution in [1.29, 1.82) is 0 Å². The Kier molecular flexibility index (Phi) is 4.97. The van der Waals surface area contributed by atoms with Crippen molar-refractivity contribution in [3.05, 3.63) is 89.6 Å². The Bertz CT molecular complexity index is 1100. The lowest BCUT2D eigenvalue weighted by Crippen LogP contribution is -2.01. The molecule has 0 unspecified atom stereocenters. The molecule has 0 aliphatic carbocycles. The van der Waals surface area contributed by atoms with Crippen LogP contribution in [0, 0.1) is 5.82 Å². The summed E-state index contributed by atoms with van der Waals surface area (Å²) in [7, 11) is 0. The van der Waals surface area contributed by atoms with E-state index in [2.05, 4.69) is 15.1 Å². The van der Waals surface area contributed by atoms with Gasteiger partial charge in [-0.3, -0.25) is 0 Å². The maximum atomic E-state index is 13.7. The van der Waals surface area contributed by atoms with E-state index < -0.39 is 0 Å². The van der Waals surface area contributed by atoms with E-state index in [0.29, 0.717) is 40.7 Å². The van der Waals surface area contributed by atoms with E-state index in [1.54, 1.807) is 36.5 Å². The molecule has 4 rings (SSSR count). The molecule has 1 aromatic carbocycles. The second kappa shape index (κ2) is 7.87. The standard InChI is InChI=1S/C21H17FN4O2/c22-18-8-2-1-5-14(18)13-27-20-9-3-6-15(25-20)11-16-12-19(28-26-16)17-7-4-10-24-21(17)23/h1-10,12H,11,13H2,(H2,23,24). The van der Waals surface area contributed by atoms with Gasteiger partial charge in [0.1, 0.15) is 18.2 Å². The second-order valence-electron chi connectivity index (χ2n) is 6.14. The number of hydrogen-bond donors (Lipinski definition) is 1. The van der Waals surface area contributed by atoms with Crippen molar-refractivity contribution in [3.63, 3.8) is 0 Å². The number of pyridine rings is 2. The predicted molar refractivity (Wildman–Crippen MR) is 102 cm³/mol. The van der Waals surface area contributed by atoms with E-state index >= 15 is 0 Å². The van der Waals surface area contributed by atoms with Gasteiger partial charge in [-0.15, -0.1) is 0 Å². The summed E-state index contributed by atoms with van der Waals surface area (Å²) >= 11 is 0. The van der Waals surface area contributed by atoms with Crippen LogP contribution in [0.1, 0.15) is 17.0 Å². The molecule has 0 bridgehead atoms. The summed E-state index contributed by atoms with van der Waals surface area (Å²) in [6, 6.07) is 17.3. The minimum Gasteiger partial charge on any atom is -0.473 e. The first-order valence-electron chi connectivity index (χ1n) is 8.67. The smallest absolute Gasteiger partial charge is 0.213 e. The SMILES string of the molecule is Nc1ncccc1-c1cc(Cc2cccc(OCc3ccccc3F)n2)no1. The van der Waals surface area contributed by atoms with Gasteiger partial charge in [0.2, 0.25) is 5.88 Å². The van der Waals surface area contributed by atoms with Gasteiger partial charge in [-0.1, -0.05) is 29.4 Å². The van der Waals surface area contributed by atoms with E-state index in [-0.39, 0.29) is 12.4 Å². The van der Waals surface area contributed by atoms with Crippen LogP contribution in [0.25, 0.3) is 11.3 Å². The van der Waals surface area contributed by atoms with Crippen LogP contribution in [0.15, 0.2) is 71.4 Å². The largest absolute Gasteiger partial charge is 0.473 e. The fourth-order valence-electron chi connectivity index (χ4n) is 2.74. The number of halogens is 1. The number of nitrogens with zero attached hydrogens (tertiary/aromatic N) is 3. The quantitative estimate of drug-likeness (QED) is 0.547. The predicted octanol–water partition coefficient (Wildman–Crippen LogP) is 4.02. The van der Waals surface area contributed by atoms with Crippen molar-refractivity contribution in [2.45, 2.75) is 13.0 Å². The molecule has 28 heavy (non-hydrogen) atoms. The lowest BCUT2D eigenvalue weighted by molar-refractivity contribution is 0.287. The number of nitrogen functional groups attached to an aromatic ring is 1. The molecule has 0 spiro atoms. The summed E-state index contributed by atoms with van der Waals surface area (Å²) in [5.74, 6) is 1.05. The molecule has 0 amide bonds. The third-order valence-corrected chi connectivity index (χ3v) is 4.14. The van der Waals surface area contributed by atoms with Crippen LogP contribution in [0.5, 0.6) is 5.88 Å². The van der Waals surface area contributed by atoms with Crippen molar-refractivity contribution in [3.8, 4) is 17.2 Å². The highest BCUT2D eigenvalue weighted by atomic mass is 19.1. The molecule has 7 heteroatoms. The molecular weight excluding hydrogens is 359 g/mol. The highest BCUT2D eigenvalue weighted by Crippen LogP contribution is 2.25. The van der Waals surface area contributed by atoms with Gasteiger partial charge in [0, 0.05) is 30.3 Å². The average Bonchev–Trinajstić information content (AvgIpc) is 3.16. The molecular formula is C21H17FN4O2. The molecule has 0 saturated heterocycles. The molecule has 0 fully saturated rings. The summed E-state index contributed by atoms with van der Waals surface area (Å²) in [4.78, 5) is 8.50. The molecule has 4 aromatic rings. The number of hydrogen-bond acceptors (Lipinski definition) is 6. The molecule has 3 aromatic heterocycles. The highest BCUT2D eigenvalue weighted by Gasteiger charge is 2.11. The fourth-order valence-corrected chi connectivity index (χ4v) is 2.74. The lowest BCUT2D eigenvalue weighted by atomic mass is 10.1. The van der Waals surface area contributed by atoms with Crippen molar-refractivity contribution >= 4 is 5.82 Å². The van der Waals surface area contributed by atoms with Crippen molar-refractivity contribution in [2.75, 3.05) is 5.73 Å². The number of rotatable bonds is 6. The van der Waals surface area contributed by atoms with Crippen LogP contribution >= 0.6 is 0 Å². The summed E-state index contributed by atoms with van der Waals surface area (Å²) in [6.07, 6.45) is 2.08. The molecule has 0 atom stereocenters. The van der Waals surface area contributed by atoms with E-state index in [0.717, 1.165) is 5.69 Å². The van der Waals surface area contributed by atoms with Crippen LogP contribution in [0.3, 0.4) is 0 Å². The van der Waals surface area contributed by atoms with Crippen LogP contribution in [-0.4, -0.2) is 15.1 Å². The fraction of sp³-hybridized carbons (Fsp3) is 0.0952. The first-order chi connectivity index (χ1) is 13.7. The number of nitrogens with two attached hydrogens (primary N) is 1. The number of ether oxygens (including phenoxy) is 1. The maximum absolute atomic E-state index is 13.7. The van der Waals surface area contributed by atoms with Gasteiger partial charge in [0.25, 0.3) is 0 Å². The first kappa shape index (κ1) is 17.7. The van der Waals surface area contributed by atoms with E-state index in [1.807, 2.05) is 24.3 Å². The van der Waals surface area contributed by atoms with E-state index in [4.69, 9.17) is 15.0 Å².